The van der Waals surface area contributed by atoms with E-state index < -0.39 is 44.5 Å². The van der Waals surface area contributed by atoms with Crippen molar-refractivity contribution in [3.05, 3.63) is 0 Å². The van der Waals surface area contributed by atoms with E-state index in [9.17, 15) is 4.79 Å². The number of carbonyl (C=O) groups is 1. The number of carbonyl (C=O) groups excluding carboxylic acids is 1. The minimum Gasteiger partial charge on any atom is -1.00 e. The van der Waals surface area contributed by atoms with Crippen molar-refractivity contribution in [2.45, 2.75) is 6.92 Å². The summed E-state index contributed by atoms with van der Waals surface area (Å²) in [4.78, 5) is 10.6. The van der Waals surface area contributed by atoms with E-state index in [4.69, 9.17) is 12.3 Å². The Bertz CT molecular complexity index is 299. The molecule has 0 rings (SSSR count). The number of likely N-dealkylation sites (N-methyl/N-ethyl adjacent to an activating group) is 1. The van der Waals surface area contributed by atoms with Crippen LogP contribution in [0.3, 0.4) is 0 Å². The second kappa shape index (κ2) is 5.38. The topological polar surface area (TPSA) is 26.3 Å². The number of hydrogen-bond acceptors (Lipinski definition) is 2. The van der Waals surface area contributed by atoms with Gasteiger partial charge < -0.3 is 21.6 Å². The van der Waals surface area contributed by atoms with Gasteiger partial charge in [0.2, 0.25) is 0 Å². The molecule has 3 nitrogen and oxygen atoms in total. The molecule has 0 fully saturated rings. The van der Waals surface area contributed by atoms with Gasteiger partial charge in [-0.05, 0) is 0 Å². The first-order valence-corrected chi connectivity index (χ1v) is 2.68. The smallest absolute Gasteiger partial charge is 0.302 e. The van der Waals surface area contributed by atoms with Gasteiger partial charge in [0, 0.05) is 6.92 Å². The van der Waals surface area contributed by atoms with Crippen molar-refractivity contribution in [2.75, 3.05) is 34.1 Å². The predicted octanol–water partition coefficient (Wildman–Crippen LogP) is -2.74. The van der Waals surface area contributed by atoms with Crippen LogP contribution >= 0.6 is 0 Å². The Balaban J connectivity index is 0. The highest BCUT2D eigenvalue weighted by Gasteiger charge is 2.06. The lowest BCUT2D eigenvalue weighted by Crippen LogP contribution is -3.00. The number of halogens is 1. The lowest BCUT2D eigenvalue weighted by molar-refractivity contribution is -0.870. The summed E-state index contributed by atoms with van der Waals surface area (Å²) in [5.74, 6) is -0.750. The molecule has 0 bridgehead atoms. The summed E-state index contributed by atoms with van der Waals surface area (Å²) in [6.07, 6.45) is 0. The minimum atomic E-state index is -3.31. The van der Waals surface area contributed by atoms with Crippen LogP contribution in [0.5, 0.6) is 0 Å². The molecule has 0 atom stereocenters. The highest BCUT2D eigenvalue weighted by molar-refractivity contribution is 5.65. The molecule has 0 aromatic rings. The van der Waals surface area contributed by atoms with Crippen molar-refractivity contribution >= 4 is 5.97 Å². The second-order valence-corrected chi connectivity index (χ2v) is 1.87. The molecule has 0 aliphatic rings. The third-order valence-electron chi connectivity index (χ3n) is 0.732. The lowest BCUT2D eigenvalue weighted by Gasteiger charge is -2.23. The van der Waals surface area contributed by atoms with Crippen LogP contribution in [0.4, 0.5) is 0 Å². The van der Waals surface area contributed by atoms with E-state index in [0.29, 0.717) is 0 Å². The maximum absolute atomic E-state index is 10.6. The Kier molecular flexibility index (Phi) is 1.58. The molecule has 0 spiro atoms. The summed E-state index contributed by atoms with van der Waals surface area (Å²) in [5, 5.41) is 0. The summed E-state index contributed by atoms with van der Waals surface area (Å²) in [6, 6.07) is 0. The van der Waals surface area contributed by atoms with Crippen LogP contribution in [0.25, 0.3) is 0 Å². The zero-order chi connectivity index (χ0) is 15.7. The Labute approximate surface area is 87.0 Å². The fraction of sp³-hybridized carbons (Fsp3) is 0.857. The molecule has 0 aliphatic carbocycles. The van der Waals surface area contributed by atoms with E-state index in [2.05, 4.69) is 4.74 Å². The first-order chi connectivity index (χ1) is 8.17. The third kappa shape index (κ3) is 12.8. The van der Waals surface area contributed by atoms with E-state index in [-0.39, 0.29) is 12.4 Å². The average Bonchev–Trinajstić information content (AvgIpc) is 2.04. The van der Waals surface area contributed by atoms with Crippen molar-refractivity contribution in [3.8, 4) is 0 Å². The summed E-state index contributed by atoms with van der Waals surface area (Å²) >= 11 is 0. The molecule has 11 heavy (non-hydrogen) atoms. The quantitative estimate of drug-likeness (QED) is 0.357. The molecule has 0 aromatic heterocycles. The molecule has 0 aromatic carbocycles. The molecule has 0 heterocycles. The van der Waals surface area contributed by atoms with Gasteiger partial charge in [-0.3, -0.25) is 4.79 Å². The van der Waals surface area contributed by atoms with E-state index >= 15 is 0 Å². The second-order valence-electron chi connectivity index (χ2n) is 1.87. The summed E-state index contributed by atoms with van der Waals surface area (Å²) in [6.45, 7) is -10.3. The molecule has 0 aliphatic heterocycles. The van der Waals surface area contributed by atoms with Crippen molar-refractivity contribution in [3.63, 3.8) is 0 Å². The number of quaternary nitrogens is 1. The Morgan fingerprint density at radius 2 is 2.09 bits per heavy atom. The van der Waals surface area contributed by atoms with Crippen LogP contribution in [-0.2, 0) is 9.53 Å². The zero-order valence-corrected chi connectivity index (χ0v) is 6.81. The van der Waals surface area contributed by atoms with Crippen LogP contribution in [0.1, 0.15) is 19.3 Å². The van der Waals surface area contributed by atoms with Crippen molar-refractivity contribution in [1.82, 2.24) is 0 Å². The van der Waals surface area contributed by atoms with Gasteiger partial charge >= 0.3 is 5.97 Å². The Morgan fingerprint density at radius 1 is 1.55 bits per heavy atom. The maximum atomic E-state index is 10.6. The number of ether oxygens (including phenoxy) is 1. The van der Waals surface area contributed by atoms with Gasteiger partial charge in [-0.1, -0.05) is 0 Å². The highest BCUT2D eigenvalue weighted by Crippen LogP contribution is 1.88. The van der Waals surface area contributed by atoms with Crippen LogP contribution in [-0.4, -0.2) is 44.5 Å². The summed E-state index contributed by atoms with van der Waals surface area (Å²) in [5.41, 5.74) is 0. The van der Waals surface area contributed by atoms with Gasteiger partial charge in [-0.2, -0.15) is 0 Å². The first-order valence-electron chi connectivity index (χ1n) is 7.18. The normalized spacial score (nSPS) is 25.7. The van der Waals surface area contributed by atoms with Gasteiger partial charge in [0.05, 0.1) is 33.3 Å². The van der Waals surface area contributed by atoms with E-state index in [1.807, 2.05) is 0 Å². The van der Waals surface area contributed by atoms with Crippen LogP contribution < -0.4 is 12.4 Å². The van der Waals surface area contributed by atoms with E-state index in [0.717, 1.165) is 6.92 Å². The summed E-state index contributed by atoms with van der Waals surface area (Å²) < 4.78 is 67.9. The molecule has 0 amide bonds. The monoisotopic (exact) mass is 190 g/mol. The fourth-order valence-corrected chi connectivity index (χ4v) is 0.326. The fourth-order valence-electron chi connectivity index (χ4n) is 0.326. The van der Waals surface area contributed by atoms with Crippen LogP contribution in [0.15, 0.2) is 0 Å². The molecule has 0 saturated carbocycles. The zero-order valence-electron chi connectivity index (χ0n) is 15.1. The van der Waals surface area contributed by atoms with Crippen molar-refractivity contribution in [1.29, 1.82) is 0 Å². The molecule has 0 radical (unpaired) electrons. The molecule has 0 unspecified atom stereocenters. The van der Waals surface area contributed by atoms with Gasteiger partial charge in [0.15, 0.2) is 0 Å². The number of nitrogens with zero attached hydrogens (tertiary/aromatic N) is 1. The Hall–Kier alpha value is -0.280. The molecular formula is C7H16ClNO2. The maximum Gasteiger partial charge on any atom is 0.302 e. The molecule has 0 N–H and O–H groups in total. The largest absolute Gasteiger partial charge is 1.00 e. The minimum absolute atomic E-state index is 0. The first kappa shape index (κ1) is 3.23. The van der Waals surface area contributed by atoms with Gasteiger partial charge in [-0.25, -0.2) is 0 Å². The van der Waals surface area contributed by atoms with Crippen LogP contribution in [0.2, 0.25) is 0 Å². The van der Waals surface area contributed by atoms with E-state index in [1.54, 1.807) is 0 Å². The Morgan fingerprint density at radius 3 is 2.45 bits per heavy atom. The number of esters is 1. The SMILES string of the molecule is [2H]C([2H])([2H])[N+](CCOC(C)=O)(C([2H])([2H])[2H])C([2H])([2H])[2H].[Cl-]. The lowest BCUT2D eigenvalue weighted by atomic mass is 10.5. The van der Waals surface area contributed by atoms with Crippen molar-refractivity contribution < 1.29 is 38.8 Å². The van der Waals surface area contributed by atoms with Gasteiger partial charge in [-0.15, -0.1) is 0 Å². The van der Waals surface area contributed by atoms with Crippen molar-refractivity contribution in [2.24, 2.45) is 0 Å². The molecule has 0 saturated heterocycles. The predicted molar refractivity (Wildman–Crippen MR) is 39.5 cm³/mol. The van der Waals surface area contributed by atoms with Crippen LogP contribution in [0, 0.1) is 0 Å². The third-order valence-corrected chi connectivity index (χ3v) is 0.732. The summed E-state index contributed by atoms with van der Waals surface area (Å²) in [7, 11) is 0. The standard InChI is InChI=1S/C7H16NO2.ClH/c1-7(9)10-6-5-8(2,3)4;/h5-6H2,1-4H3;1H/q+1;/p-1/i2D3,3D3,4D3;. The van der Waals surface area contributed by atoms with Gasteiger partial charge in [0.25, 0.3) is 0 Å². The molecule has 4 heteroatoms. The number of rotatable bonds is 3. The molecular weight excluding hydrogens is 166 g/mol. The van der Waals surface area contributed by atoms with E-state index in [1.165, 1.54) is 0 Å². The number of hydrogen-bond donors (Lipinski definition) is 0. The highest BCUT2D eigenvalue weighted by atomic mass is 35.5. The molecule has 68 valence electrons. The van der Waals surface area contributed by atoms with Gasteiger partial charge in [0.1, 0.15) is 13.2 Å². The average molecular weight is 191 g/mol.